The zero-order valence-corrected chi connectivity index (χ0v) is 12.8. The second-order valence-electron chi connectivity index (χ2n) is 4.48. The van der Waals surface area contributed by atoms with Crippen LogP contribution in [-0.4, -0.2) is 28.1 Å². The summed E-state index contributed by atoms with van der Waals surface area (Å²) in [6.45, 7) is 2.40. The Kier molecular flexibility index (Phi) is 6.56. The normalized spacial score (nSPS) is 16.9. The smallest absolute Gasteiger partial charge is 0.242 e. The standard InChI is InChI=1S/C12H17ClN2O2S.ClH/c13-11-3-1-2-4-12(11)18(16,17)15-9-10-5-7-14-8-6-10;/h1-4,10,14-15H,5-9H2;1H. The third-order valence-electron chi connectivity index (χ3n) is 3.15. The van der Waals surface area contributed by atoms with Crippen LogP contribution in [0, 0.1) is 5.92 Å². The largest absolute Gasteiger partial charge is 0.317 e. The minimum absolute atomic E-state index is 0. The van der Waals surface area contributed by atoms with Gasteiger partial charge in [-0.2, -0.15) is 0 Å². The molecule has 1 saturated heterocycles. The maximum atomic E-state index is 12.1. The highest BCUT2D eigenvalue weighted by atomic mass is 35.5. The predicted octanol–water partition coefficient (Wildman–Crippen LogP) is 2.04. The van der Waals surface area contributed by atoms with E-state index < -0.39 is 10.0 Å². The number of nitrogens with one attached hydrogen (secondary N) is 2. The molecule has 0 unspecified atom stereocenters. The molecule has 19 heavy (non-hydrogen) atoms. The molecule has 7 heteroatoms. The highest BCUT2D eigenvalue weighted by molar-refractivity contribution is 7.89. The lowest BCUT2D eigenvalue weighted by Gasteiger charge is -2.22. The third kappa shape index (κ3) is 4.61. The van der Waals surface area contributed by atoms with Crippen molar-refractivity contribution in [1.29, 1.82) is 0 Å². The highest BCUT2D eigenvalue weighted by Gasteiger charge is 2.20. The lowest BCUT2D eigenvalue weighted by atomic mass is 9.99. The first-order chi connectivity index (χ1) is 8.59. The second kappa shape index (κ2) is 7.45. The Balaban J connectivity index is 0.00000180. The first kappa shape index (κ1) is 16.7. The number of rotatable bonds is 4. The Labute approximate surface area is 125 Å². The van der Waals surface area contributed by atoms with Crippen molar-refractivity contribution in [2.75, 3.05) is 19.6 Å². The van der Waals surface area contributed by atoms with Crippen LogP contribution in [0.4, 0.5) is 0 Å². The topological polar surface area (TPSA) is 58.2 Å². The van der Waals surface area contributed by atoms with E-state index in [0.29, 0.717) is 12.5 Å². The lowest BCUT2D eigenvalue weighted by molar-refractivity contribution is 0.372. The maximum Gasteiger partial charge on any atom is 0.242 e. The third-order valence-corrected chi connectivity index (χ3v) is 5.07. The number of halogens is 2. The molecular weight excluding hydrogens is 307 g/mol. The van der Waals surface area contributed by atoms with E-state index in [2.05, 4.69) is 10.0 Å². The van der Waals surface area contributed by atoms with Crippen LogP contribution in [0.1, 0.15) is 12.8 Å². The Bertz CT molecular complexity index is 502. The molecule has 0 aliphatic carbocycles. The van der Waals surface area contributed by atoms with E-state index in [-0.39, 0.29) is 22.3 Å². The molecule has 1 aliphatic rings. The Morgan fingerprint density at radius 2 is 1.89 bits per heavy atom. The SMILES string of the molecule is Cl.O=S(=O)(NCC1CCNCC1)c1ccccc1Cl. The van der Waals surface area contributed by atoms with Gasteiger partial charge in [0.05, 0.1) is 5.02 Å². The van der Waals surface area contributed by atoms with Gasteiger partial charge in [-0.15, -0.1) is 12.4 Å². The molecule has 0 aromatic heterocycles. The zero-order chi connectivity index (χ0) is 13.0. The molecule has 0 radical (unpaired) electrons. The van der Waals surface area contributed by atoms with Gasteiger partial charge < -0.3 is 5.32 Å². The molecule has 1 aliphatic heterocycles. The number of benzene rings is 1. The van der Waals surface area contributed by atoms with Crippen molar-refractivity contribution in [2.24, 2.45) is 5.92 Å². The fourth-order valence-corrected chi connectivity index (χ4v) is 3.69. The van der Waals surface area contributed by atoms with E-state index in [4.69, 9.17) is 11.6 Å². The number of hydrogen-bond donors (Lipinski definition) is 2. The van der Waals surface area contributed by atoms with Gasteiger partial charge >= 0.3 is 0 Å². The minimum atomic E-state index is -3.49. The minimum Gasteiger partial charge on any atom is -0.317 e. The molecule has 1 aromatic rings. The van der Waals surface area contributed by atoms with Crippen molar-refractivity contribution in [3.05, 3.63) is 29.3 Å². The van der Waals surface area contributed by atoms with Crippen LogP contribution in [-0.2, 0) is 10.0 Å². The Hall–Kier alpha value is -0.330. The fourth-order valence-electron chi connectivity index (χ4n) is 2.05. The summed E-state index contributed by atoms with van der Waals surface area (Å²) in [4.78, 5) is 0.153. The van der Waals surface area contributed by atoms with Crippen molar-refractivity contribution in [2.45, 2.75) is 17.7 Å². The number of piperidine rings is 1. The number of hydrogen-bond acceptors (Lipinski definition) is 3. The summed E-state index contributed by atoms with van der Waals surface area (Å²) in [6, 6.07) is 6.49. The summed E-state index contributed by atoms with van der Waals surface area (Å²) in [5.74, 6) is 0.406. The zero-order valence-electron chi connectivity index (χ0n) is 10.4. The van der Waals surface area contributed by atoms with Gasteiger partial charge in [0.15, 0.2) is 0 Å². The molecule has 0 saturated carbocycles. The van der Waals surface area contributed by atoms with Gasteiger partial charge in [0.25, 0.3) is 0 Å². The van der Waals surface area contributed by atoms with Gasteiger partial charge in [-0.05, 0) is 44.0 Å². The Morgan fingerprint density at radius 3 is 2.53 bits per heavy atom. The molecule has 0 amide bonds. The molecule has 0 atom stereocenters. The maximum absolute atomic E-state index is 12.1. The fraction of sp³-hybridized carbons (Fsp3) is 0.500. The van der Waals surface area contributed by atoms with Crippen LogP contribution in [0.3, 0.4) is 0 Å². The van der Waals surface area contributed by atoms with Crippen LogP contribution >= 0.6 is 24.0 Å². The molecule has 0 spiro atoms. The van der Waals surface area contributed by atoms with Gasteiger partial charge in [0.2, 0.25) is 10.0 Å². The molecule has 2 N–H and O–H groups in total. The summed E-state index contributed by atoms with van der Waals surface area (Å²) in [6.07, 6.45) is 2.01. The van der Waals surface area contributed by atoms with Crippen molar-refractivity contribution in [3.63, 3.8) is 0 Å². The molecule has 108 valence electrons. The van der Waals surface area contributed by atoms with Gasteiger partial charge in [0.1, 0.15) is 4.90 Å². The van der Waals surface area contributed by atoms with Gasteiger partial charge in [-0.25, -0.2) is 13.1 Å². The molecule has 0 bridgehead atoms. The Morgan fingerprint density at radius 1 is 1.26 bits per heavy atom. The van der Waals surface area contributed by atoms with E-state index in [9.17, 15) is 8.42 Å². The summed E-state index contributed by atoms with van der Waals surface area (Å²) >= 11 is 5.90. The van der Waals surface area contributed by atoms with E-state index in [1.807, 2.05) is 0 Å². The first-order valence-electron chi connectivity index (χ1n) is 6.04. The summed E-state index contributed by atoms with van der Waals surface area (Å²) in [5.41, 5.74) is 0. The van der Waals surface area contributed by atoms with Gasteiger partial charge in [-0.1, -0.05) is 23.7 Å². The average molecular weight is 325 g/mol. The van der Waals surface area contributed by atoms with Gasteiger partial charge in [0, 0.05) is 6.54 Å². The van der Waals surface area contributed by atoms with Crippen LogP contribution in [0.2, 0.25) is 5.02 Å². The molecule has 1 fully saturated rings. The monoisotopic (exact) mass is 324 g/mol. The lowest BCUT2D eigenvalue weighted by Crippen LogP contribution is -2.36. The van der Waals surface area contributed by atoms with Crippen molar-refractivity contribution < 1.29 is 8.42 Å². The average Bonchev–Trinajstić information content (AvgIpc) is 2.38. The van der Waals surface area contributed by atoms with Crippen LogP contribution in [0.15, 0.2) is 29.2 Å². The second-order valence-corrected chi connectivity index (χ2v) is 6.62. The molecule has 4 nitrogen and oxygen atoms in total. The van der Waals surface area contributed by atoms with Crippen molar-refractivity contribution in [3.8, 4) is 0 Å². The summed E-state index contributed by atoms with van der Waals surface area (Å²) in [7, 11) is -3.49. The highest BCUT2D eigenvalue weighted by Crippen LogP contribution is 2.20. The van der Waals surface area contributed by atoms with E-state index in [1.165, 1.54) is 6.07 Å². The first-order valence-corrected chi connectivity index (χ1v) is 7.90. The van der Waals surface area contributed by atoms with Gasteiger partial charge in [-0.3, -0.25) is 0 Å². The predicted molar refractivity (Wildman–Crippen MR) is 79.5 cm³/mol. The van der Waals surface area contributed by atoms with Crippen molar-refractivity contribution >= 4 is 34.0 Å². The molecule has 1 heterocycles. The van der Waals surface area contributed by atoms with E-state index >= 15 is 0 Å². The molecule has 1 aromatic carbocycles. The van der Waals surface area contributed by atoms with Crippen LogP contribution in [0.25, 0.3) is 0 Å². The summed E-state index contributed by atoms with van der Waals surface area (Å²) in [5, 5.41) is 3.51. The van der Waals surface area contributed by atoms with Crippen molar-refractivity contribution in [1.82, 2.24) is 10.0 Å². The van der Waals surface area contributed by atoms with E-state index in [0.717, 1.165) is 25.9 Å². The molecule has 2 rings (SSSR count). The van der Waals surface area contributed by atoms with Crippen LogP contribution in [0.5, 0.6) is 0 Å². The van der Waals surface area contributed by atoms with E-state index in [1.54, 1.807) is 18.2 Å². The number of sulfonamides is 1. The quantitative estimate of drug-likeness (QED) is 0.891. The van der Waals surface area contributed by atoms with Crippen LogP contribution < -0.4 is 10.0 Å². The summed E-state index contributed by atoms with van der Waals surface area (Å²) < 4.78 is 26.8. The molecular formula is C12H18Cl2N2O2S.